The van der Waals surface area contributed by atoms with Gasteiger partial charge in [-0.25, -0.2) is 0 Å². The van der Waals surface area contributed by atoms with E-state index in [2.05, 4.69) is 5.16 Å². The fourth-order valence-electron chi connectivity index (χ4n) is 2.94. The first kappa shape index (κ1) is 17.6. The number of amidine groups is 1. The highest BCUT2D eigenvalue weighted by atomic mass is 35.5. The Kier molecular flexibility index (Phi) is 5.52. The Labute approximate surface area is 142 Å². The number of oxime groups is 1. The number of nitrogens with zero attached hydrogens (tertiary/aromatic N) is 2. The van der Waals surface area contributed by atoms with E-state index in [1.807, 2.05) is 44.9 Å². The first-order valence-corrected chi connectivity index (χ1v) is 8.27. The van der Waals surface area contributed by atoms with Crippen molar-refractivity contribution in [2.24, 2.45) is 10.6 Å². The normalized spacial score (nSPS) is 17.7. The Hall–Kier alpha value is -1.75. The minimum atomic E-state index is -0.748. The van der Waals surface area contributed by atoms with Crippen LogP contribution in [0, 0.1) is 5.41 Å². The van der Waals surface area contributed by atoms with E-state index >= 15 is 0 Å². The van der Waals surface area contributed by atoms with Crippen LogP contribution in [0.25, 0.3) is 0 Å². The van der Waals surface area contributed by atoms with Crippen molar-refractivity contribution in [2.75, 3.05) is 13.7 Å². The van der Waals surface area contributed by atoms with Crippen LogP contribution in [-0.2, 0) is 14.4 Å². The van der Waals surface area contributed by atoms with Crippen LogP contribution < -0.4 is 0 Å². The molecule has 0 amide bonds. The lowest BCUT2D eigenvalue weighted by Gasteiger charge is -2.36. The molecule has 0 aliphatic carbocycles. The molecular weight excluding hydrogens is 316 g/mol. The summed E-state index contributed by atoms with van der Waals surface area (Å²) in [6.45, 7) is 6.10. The molecule has 0 saturated carbocycles. The molecule has 1 aliphatic heterocycles. The summed E-state index contributed by atoms with van der Waals surface area (Å²) in [4.78, 5) is 20.1. The average Bonchev–Trinajstić information content (AvgIpc) is 2.93. The van der Waals surface area contributed by atoms with Gasteiger partial charge in [-0.2, -0.15) is 0 Å². The molecule has 5 nitrogen and oxygen atoms in total. The predicted octanol–water partition coefficient (Wildman–Crippen LogP) is 3.66. The minimum absolute atomic E-state index is 0.241. The fourth-order valence-corrected chi connectivity index (χ4v) is 3.06. The van der Waals surface area contributed by atoms with Crippen LogP contribution in [-0.4, -0.2) is 36.6 Å². The standard InChI is InChI=1S/C17H23ClN2O3/c1-5-17(6-2,16(21)22-7-3)15-20(4)14(19-23-15)12-8-10-13(18)11-9-12/h8-11,15H,5-7H2,1-4H3. The molecule has 0 N–H and O–H groups in total. The number of hydrogen-bond acceptors (Lipinski definition) is 5. The Balaban J connectivity index is 2.28. The van der Waals surface area contributed by atoms with Gasteiger partial charge in [0.25, 0.3) is 0 Å². The van der Waals surface area contributed by atoms with Gasteiger partial charge in [-0.05, 0) is 44.0 Å². The van der Waals surface area contributed by atoms with Gasteiger partial charge in [-0.15, -0.1) is 0 Å². The topological polar surface area (TPSA) is 51.1 Å². The molecule has 1 heterocycles. The molecule has 1 aliphatic rings. The molecule has 23 heavy (non-hydrogen) atoms. The summed E-state index contributed by atoms with van der Waals surface area (Å²) in [5, 5.41) is 4.86. The van der Waals surface area contributed by atoms with E-state index in [4.69, 9.17) is 21.2 Å². The number of hydrogen-bond donors (Lipinski definition) is 0. The zero-order chi connectivity index (χ0) is 17.0. The molecule has 0 spiro atoms. The van der Waals surface area contributed by atoms with E-state index < -0.39 is 11.6 Å². The monoisotopic (exact) mass is 338 g/mol. The molecule has 0 saturated heterocycles. The third kappa shape index (κ3) is 3.15. The van der Waals surface area contributed by atoms with E-state index in [-0.39, 0.29) is 5.97 Å². The molecule has 0 fully saturated rings. The van der Waals surface area contributed by atoms with Crippen molar-refractivity contribution in [1.29, 1.82) is 0 Å². The van der Waals surface area contributed by atoms with Gasteiger partial charge >= 0.3 is 5.97 Å². The number of carbonyl (C=O) groups excluding carboxylic acids is 1. The van der Waals surface area contributed by atoms with Crippen molar-refractivity contribution in [3.8, 4) is 0 Å². The number of esters is 1. The maximum atomic E-state index is 12.6. The molecule has 0 radical (unpaired) electrons. The second-order valence-electron chi connectivity index (χ2n) is 5.57. The van der Waals surface area contributed by atoms with Crippen LogP contribution >= 0.6 is 11.6 Å². The molecule has 6 heteroatoms. The summed E-state index contributed by atoms with van der Waals surface area (Å²) in [6.07, 6.45) is 0.740. The van der Waals surface area contributed by atoms with Crippen LogP contribution in [0.4, 0.5) is 0 Å². The summed E-state index contributed by atoms with van der Waals surface area (Å²) < 4.78 is 5.29. The van der Waals surface area contributed by atoms with E-state index in [1.54, 1.807) is 12.1 Å². The predicted molar refractivity (Wildman–Crippen MR) is 90.3 cm³/mol. The van der Waals surface area contributed by atoms with E-state index in [0.29, 0.717) is 30.3 Å². The van der Waals surface area contributed by atoms with Crippen LogP contribution in [0.1, 0.15) is 39.2 Å². The quantitative estimate of drug-likeness (QED) is 0.743. The van der Waals surface area contributed by atoms with Crippen molar-refractivity contribution < 1.29 is 14.4 Å². The van der Waals surface area contributed by atoms with Crippen molar-refractivity contribution in [1.82, 2.24) is 4.90 Å². The number of halogens is 1. The van der Waals surface area contributed by atoms with Crippen molar-refractivity contribution >= 4 is 23.4 Å². The van der Waals surface area contributed by atoms with Gasteiger partial charge in [0.05, 0.1) is 6.61 Å². The second kappa shape index (κ2) is 7.21. The van der Waals surface area contributed by atoms with E-state index in [0.717, 1.165) is 5.56 Å². The summed E-state index contributed by atoms with van der Waals surface area (Å²) in [6, 6.07) is 7.37. The van der Waals surface area contributed by atoms with E-state index in [1.165, 1.54) is 0 Å². The molecule has 0 bridgehead atoms. The lowest BCUT2D eigenvalue weighted by atomic mass is 9.79. The SMILES string of the molecule is CCOC(=O)C(CC)(CC)C1ON=C(c2ccc(Cl)cc2)N1C. The molecule has 1 aromatic carbocycles. The smallest absolute Gasteiger partial charge is 0.317 e. The lowest BCUT2D eigenvalue weighted by molar-refractivity contribution is -0.173. The minimum Gasteiger partial charge on any atom is -0.465 e. The Bertz CT molecular complexity index is 582. The van der Waals surface area contributed by atoms with Crippen molar-refractivity contribution in [2.45, 2.75) is 39.8 Å². The van der Waals surface area contributed by atoms with Crippen LogP contribution in [0.2, 0.25) is 5.02 Å². The van der Waals surface area contributed by atoms with Gasteiger partial charge in [0.1, 0.15) is 5.41 Å². The molecule has 126 valence electrons. The average molecular weight is 339 g/mol. The van der Waals surface area contributed by atoms with Crippen LogP contribution in [0.3, 0.4) is 0 Å². The number of ether oxygens (including phenoxy) is 1. The zero-order valence-electron chi connectivity index (χ0n) is 14.0. The first-order chi connectivity index (χ1) is 11.0. The first-order valence-electron chi connectivity index (χ1n) is 7.90. The summed E-state index contributed by atoms with van der Waals surface area (Å²) in [5.41, 5.74) is 0.145. The molecule has 1 unspecified atom stereocenters. The zero-order valence-corrected chi connectivity index (χ0v) is 14.8. The van der Waals surface area contributed by atoms with Crippen LogP contribution in [0.15, 0.2) is 29.4 Å². The molecule has 2 rings (SSSR count). The fraction of sp³-hybridized carbons (Fsp3) is 0.529. The highest BCUT2D eigenvalue weighted by Crippen LogP contribution is 2.38. The molecular formula is C17H23ClN2O3. The Morgan fingerprint density at radius 2 is 1.91 bits per heavy atom. The second-order valence-corrected chi connectivity index (χ2v) is 6.01. The molecule has 1 atom stereocenters. The molecule has 0 aromatic heterocycles. The number of carbonyl (C=O) groups is 1. The highest BCUT2D eigenvalue weighted by Gasteiger charge is 2.51. The third-order valence-electron chi connectivity index (χ3n) is 4.44. The maximum Gasteiger partial charge on any atom is 0.317 e. The van der Waals surface area contributed by atoms with Gasteiger partial charge in [-0.3, -0.25) is 4.79 Å². The summed E-state index contributed by atoms with van der Waals surface area (Å²) >= 11 is 5.93. The number of rotatable bonds is 6. The summed E-state index contributed by atoms with van der Waals surface area (Å²) in [7, 11) is 1.88. The van der Waals surface area contributed by atoms with Gasteiger partial charge in [-0.1, -0.05) is 30.6 Å². The van der Waals surface area contributed by atoms with Crippen molar-refractivity contribution in [3.63, 3.8) is 0 Å². The Morgan fingerprint density at radius 3 is 2.43 bits per heavy atom. The van der Waals surface area contributed by atoms with Gasteiger partial charge in [0.15, 0.2) is 5.84 Å². The highest BCUT2D eigenvalue weighted by molar-refractivity contribution is 6.30. The molecule has 1 aromatic rings. The van der Waals surface area contributed by atoms with Gasteiger partial charge in [0.2, 0.25) is 6.23 Å². The lowest BCUT2D eigenvalue weighted by Crippen LogP contribution is -2.51. The Morgan fingerprint density at radius 1 is 1.30 bits per heavy atom. The largest absolute Gasteiger partial charge is 0.465 e. The van der Waals surface area contributed by atoms with Gasteiger partial charge < -0.3 is 14.5 Å². The van der Waals surface area contributed by atoms with Gasteiger partial charge in [0, 0.05) is 17.6 Å². The number of benzene rings is 1. The third-order valence-corrected chi connectivity index (χ3v) is 4.70. The maximum absolute atomic E-state index is 12.6. The van der Waals surface area contributed by atoms with E-state index in [9.17, 15) is 4.79 Å². The summed E-state index contributed by atoms with van der Waals surface area (Å²) in [5.74, 6) is 0.441. The van der Waals surface area contributed by atoms with Crippen molar-refractivity contribution in [3.05, 3.63) is 34.9 Å². The van der Waals surface area contributed by atoms with Crippen LogP contribution in [0.5, 0.6) is 0 Å².